The number of allylic oxidation sites excluding steroid dienone is 2. The van der Waals surface area contributed by atoms with Gasteiger partial charge in [0.25, 0.3) is 0 Å². The highest BCUT2D eigenvalue weighted by atomic mass is 16.1. The lowest BCUT2D eigenvalue weighted by atomic mass is 10.2. The van der Waals surface area contributed by atoms with Gasteiger partial charge in [0.15, 0.2) is 0 Å². The van der Waals surface area contributed by atoms with E-state index in [0.717, 1.165) is 19.3 Å². The van der Waals surface area contributed by atoms with Crippen LogP contribution < -0.4 is 11.5 Å². The predicted octanol–water partition coefficient (Wildman–Crippen LogP) is 0.240. The Morgan fingerprint density at radius 1 is 0.923 bits per heavy atom. The molecule has 0 fully saturated rings. The number of amides is 2. The zero-order valence-corrected chi connectivity index (χ0v) is 7.40. The maximum Gasteiger partial charge on any atom is 0.241 e. The molecule has 2 amide bonds. The van der Waals surface area contributed by atoms with Crippen LogP contribution in [0.3, 0.4) is 0 Å². The second-order valence-corrected chi connectivity index (χ2v) is 2.54. The maximum absolute atomic E-state index is 10.2. The standard InChI is InChI=1S/C9H14N2O2/c10-8(12)6-4-2-1-3-5-7-9(11)13/h4-7H,1-3H2,(H2,10,12)(H2,11,13). The van der Waals surface area contributed by atoms with Gasteiger partial charge in [-0.3, -0.25) is 9.59 Å². The van der Waals surface area contributed by atoms with E-state index in [9.17, 15) is 9.59 Å². The van der Waals surface area contributed by atoms with Gasteiger partial charge < -0.3 is 11.5 Å². The highest BCUT2D eigenvalue weighted by molar-refractivity contribution is 5.86. The number of hydrogen-bond donors (Lipinski definition) is 2. The summed E-state index contributed by atoms with van der Waals surface area (Å²) in [5.41, 5.74) is 9.74. The Hall–Kier alpha value is -1.58. The van der Waals surface area contributed by atoms with Gasteiger partial charge in [-0.15, -0.1) is 0 Å². The van der Waals surface area contributed by atoms with Crippen LogP contribution in [0.4, 0.5) is 0 Å². The van der Waals surface area contributed by atoms with E-state index in [1.807, 2.05) is 0 Å². The second kappa shape index (κ2) is 7.09. The first kappa shape index (κ1) is 11.4. The molecule has 0 aromatic carbocycles. The fraction of sp³-hybridized carbons (Fsp3) is 0.333. The minimum Gasteiger partial charge on any atom is -0.366 e. The second-order valence-electron chi connectivity index (χ2n) is 2.54. The quantitative estimate of drug-likeness (QED) is 0.455. The summed E-state index contributed by atoms with van der Waals surface area (Å²) in [6.07, 6.45) is 8.49. The van der Waals surface area contributed by atoms with Crippen molar-refractivity contribution in [3.8, 4) is 0 Å². The first-order valence-corrected chi connectivity index (χ1v) is 4.05. The van der Waals surface area contributed by atoms with Gasteiger partial charge >= 0.3 is 0 Å². The van der Waals surface area contributed by atoms with Crippen LogP contribution in [-0.4, -0.2) is 11.8 Å². The van der Waals surface area contributed by atoms with Gasteiger partial charge in [-0.1, -0.05) is 12.2 Å². The molecule has 0 spiro atoms. The minimum absolute atomic E-state index is 0.437. The smallest absolute Gasteiger partial charge is 0.241 e. The summed E-state index contributed by atoms with van der Waals surface area (Å²) in [5, 5.41) is 0. The molecule has 0 aliphatic carbocycles. The molecule has 0 aliphatic rings. The van der Waals surface area contributed by atoms with Crippen molar-refractivity contribution in [3.05, 3.63) is 24.3 Å². The summed E-state index contributed by atoms with van der Waals surface area (Å²) in [7, 11) is 0. The molecule has 0 bridgehead atoms. The molecular formula is C9H14N2O2. The van der Waals surface area contributed by atoms with Crippen molar-refractivity contribution in [2.24, 2.45) is 11.5 Å². The van der Waals surface area contributed by atoms with Crippen LogP contribution in [0, 0.1) is 0 Å². The normalized spacial score (nSPS) is 11.1. The lowest BCUT2D eigenvalue weighted by molar-refractivity contribution is -0.114. The first-order chi connectivity index (χ1) is 6.13. The third-order valence-corrected chi connectivity index (χ3v) is 1.31. The summed E-state index contributed by atoms with van der Waals surface area (Å²) < 4.78 is 0. The maximum atomic E-state index is 10.2. The highest BCUT2D eigenvalue weighted by Crippen LogP contribution is 1.97. The summed E-state index contributed by atoms with van der Waals surface area (Å²) >= 11 is 0. The molecule has 0 aliphatic heterocycles. The molecule has 0 heterocycles. The molecule has 72 valence electrons. The zero-order valence-electron chi connectivity index (χ0n) is 7.40. The molecule has 0 unspecified atom stereocenters. The molecule has 4 heteroatoms. The number of nitrogens with two attached hydrogens (primary N) is 2. The third-order valence-electron chi connectivity index (χ3n) is 1.31. The fourth-order valence-corrected chi connectivity index (χ4v) is 0.753. The molecule has 0 atom stereocenters. The largest absolute Gasteiger partial charge is 0.366 e. The minimum atomic E-state index is -0.437. The van der Waals surface area contributed by atoms with Gasteiger partial charge in [0.2, 0.25) is 11.8 Å². The SMILES string of the molecule is NC(=O)C=CCCCC=CC(N)=O. The van der Waals surface area contributed by atoms with Crippen molar-refractivity contribution >= 4 is 11.8 Å². The highest BCUT2D eigenvalue weighted by Gasteiger charge is 1.85. The molecule has 0 aromatic heterocycles. The Kier molecular flexibility index (Phi) is 6.23. The van der Waals surface area contributed by atoms with E-state index < -0.39 is 11.8 Å². The Morgan fingerprint density at radius 2 is 1.31 bits per heavy atom. The molecule has 4 N–H and O–H groups in total. The van der Waals surface area contributed by atoms with E-state index in [2.05, 4.69) is 0 Å². The molecule has 4 nitrogen and oxygen atoms in total. The molecular weight excluding hydrogens is 168 g/mol. The lowest BCUT2D eigenvalue weighted by Crippen LogP contribution is -2.05. The number of primary amides is 2. The van der Waals surface area contributed by atoms with Crippen LogP contribution in [0.15, 0.2) is 24.3 Å². The molecule has 0 aromatic rings. The van der Waals surface area contributed by atoms with Crippen LogP contribution in [-0.2, 0) is 9.59 Å². The van der Waals surface area contributed by atoms with E-state index in [-0.39, 0.29) is 0 Å². The number of unbranched alkanes of at least 4 members (excludes halogenated alkanes) is 2. The Morgan fingerprint density at radius 3 is 1.62 bits per heavy atom. The molecule has 0 radical (unpaired) electrons. The van der Waals surface area contributed by atoms with Crippen molar-refractivity contribution in [2.45, 2.75) is 19.3 Å². The van der Waals surface area contributed by atoms with Crippen molar-refractivity contribution in [1.29, 1.82) is 0 Å². The molecule has 0 saturated heterocycles. The number of hydrogen-bond acceptors (Lipinski definition) is 2. The predicted molar refractivity (Wildman–Crippen MR) is 50.5 cm³/mol. The van der Waals surface area contributed by atoms with E-state index in [1.54, 1.807) is 12.2 Å². The third kappa shape index (κ3) is 10.4. The van der Waals surface area contributed by atoms with Crippen molar-refractivity contribution in [2.75, 3.05) is 0 Å². The van der Waals surface area contributed by atoms with E-state index in [0.29, 0.717) is 0 Å². The van der Waals surface area contributed by atoms with Crippen LogP contribution in [0.1, 0.15) is 19.3 Å². The van der Waals surface area contributed by atoms with Crippen LogP contribution >= 0.6 is 0 Å². The summed E-state index contributed by atoms with van der Waals surface area (Å²) in [6, 6.07) is 0. The Bertz CT molecular complexity index is 208. The van der Waals surface area contributed by atoms with Crippen LogP contribution in [0.25, 0.3) is 0 Å². The average molecular weight is 182 g/mol. The zero-order chi connectivity index (χ0) is 10.1. The lowest BCUT2D eigenvalue weighted by Gasteiger charge is -1.88. The topological polar surface area (TPSA) is 86.2 Å². The molecule has 0 saturated carbocycles. The van der Waals surface area contributed by atoms with Gasteiger partial charge in [0.05, 0.1) is 0 Å². The Labute approximate surface area is 77.3 Å². The summed E-state index contributed by atoms with van der Waals surface area (Å²) in [5.74, 6) is -0.875. The van der Waals surface area contributed by atoms with Gasteiger partial charge in [0, 0.05) is 0 Å². The van der Waals surface area contributed by atoms with Gasteiger partial charge in [-0.25, -0.2) is 0 Å². The monoisotopic (exact) mass is 182 g/mol. The summed E-state index contributed by atoms with van der Waals surface area (Å²) in [6.45, 7) is 0. The van der Waals surface area contributed by atoms with Gasteiger partial charge in [0.1, 0.15) is 0 Å². The number of carbonyl (C=O) groups excluding carboxylic acids is 2. The summed E-state index contributed by atoms with van der Waals surface area (Å²) in [4.78, 5) is 20.5. The van der Waals surface area contributed by atoms with Crippen LogP contribution in [0.5, 0.6) is 0 Å². The first-order valence-electron chi connectivity index (χ1n) is 4.05. The molecule has 13 heavy (non-hydrogen) atoms. The van der Waals surface area contributed by atoms with Gasteiger partial charge in [-0.05, 0) is 31.4 Å². The number of rotatable bonds is 6. The van der Waals surface area contributed by atoms with Crippen molar-refractivity contribution in [1.82, 2.24) is 0 Å². The number of carbonyl (C=O) groups is 2. The van der Waals surface area contributed by atoms with E-state index in [1.165, 1.54) is 12.2 Å². The molecule has 0 rings (SSSR count). The van der Waals surface area contributed by atoms with Crippen LogP contribution in [0.2, 0.25) is 0 Å². The Balaban J connectivity index is 3.36. The van der Waals surface area contributed by atoms with E-state index in [4.69, 9.17) is 11.5 Å². The van der Waals surface area contributed by atoms with Crippen molar-refractivity contribution < 1.29 is 9.59 Å². The average Bonchev–Trinajstić information content (AvgIpc) is 2.01. The van der Waals surface area contributed by atoms with E-state index >= 15 is 0 Å². The van der Waals surface area contributed by atoms with Gasteiger partial charge in [-0.2, -0.15) is 0 Å². The van der Waals surface area contributed by atoms with Crippen molar-refractivity contribution in [3.63, 3.8) is 0 Å². The fourth-order valence-electron chi connectivity index (χ4n) is 0.753.